The lowest BCUT2D eigenvalue weighted by Crippen LogP contribution is -2.44. The molecule has 1 unspecified atom stereocenters. The fourth-order valence-corrected chi connectivity index (χ4v) is 3.29. The first-order valence-corrected chi connectivity index (χ1v) is 9.04. The minimum atomic E-state index is -0.134. The zero-order valence-electron chi connectivity index (χ0n) is 15.1. The number of rotatable bonds is 6. The Morgan fingerprint density at radius 1 is 1.12 bits per heavy atom. The number of ketones is 1. The Morgan fingerprint density at radius 3 is 2.21 bits per heavy atom. The Hall–Kier alpha value is -1.68. The summed E-state index contributed by atoms with van der Waals surface area (Å²) in [6, 6.07) is 8.03. The first-order chi connectivity index (χ1) is 11.4. The smallest absolute Gasteiger partial charge is 0.226 e. The van der Waals surface area contributed by atoms with Gasteiger partial charge in [-0.25, -0.2) is 0 Å². The zero-order chi connectivity index (χ0) is 17.7. The van der Waals surface area contributed by atoms with Crippen molar-refractivity contribution in [1.82, 2.24) is 4.90 Å². The van der Waals surface area contributed by atoms with E-state index in [0.717, 1.165) is 24.8 Å². The second-order valence-electron chi connectivity index (χ2n) is 7.40. The van der Waals surface area contributed by atoms with Crippen molar-refractivity contribution in [3.8, 4) is 0 Å². The Labute approximate surface area is 145 Å². The summed E-state index contributed by atoms with van der Waals surface area (Å²) in [6.07, 6.45) is 2.53. The van der Waals surface area contributed by atoms with Crippen LogP contribution in [0.25, 0.3) is 0 Å². The number of carbonyl (C=O) groups excluding carboxylic acids is 2. The molecule has 0 spiro atoms. The first kappa shape index (κ1) is 18.7. The molecule has 0 saturated carbocycles. The molecule has 2 N–H and O–H groups in total. The summed E-state index contributed by atoms with van der Waals surface area (Å²) in [5.41, 5.74) is 7.64. The van der Waals surface area contributed by atoms with Gasteiger partial charge in [0.15, 0.2) is 5.78 Å². The third-order valence-corrected chi connectivity index (χ3v) is 4.83. The Morgan fingerprint density at radius 2 is 1.71 bits per heavy atom. The second kappa shape index (κ2) is 8.43. The second-order valence-corrected chi connectivity index (χ2v) is 7.40. The maximum atomic E-state index is 12.7. The molecule has 4 heteroatoms. The van der Waals surface area contributed by atoms with E-state index in [1.54, 1.807) is 0 Å². The highest BCUT2D eigenvalue weighted by Gasteiger charge is 2.29. The van der Waals surface area contributed by atoms with E-state index in [0.29, 0.717) is 25.6 Å². The van der Waals surface area contributed by atoms with Crippen LogP contribution < -0.4 is 5.73 Å². The van der Waals surface area contributed by atoms with Crippen molar-refractivity contribution < 1.29 is 9.59 Å². The Bertz CT molecular complexity index is 558. The molecular formula is C20H30N2O2. The van der Waals surface area contributed by atoms with Crippen LogP contribution in [0.5, 0.6) is 0 Å². The van der Waals surface area contributed by atoms with Crippen LogP contribution in [0.4, 0.5) is 0 Å². The van der Waals surface area contributed by atoms with E-state index in [2.05, 4.69) is 26.0 Å². The van der Waals surface area contributed by atoms with Gasteiger partial charge in [-0.3, -0.25) is 9.59 Å². The molecule has 1 aliphatic heterocycles. The summed E-state index contributed by atoms with van der Waals surface area (Å²) in [5, 5.41) is 0. The van der Waals surface area contributed by atoms with Gasteiger partial charge in [-0.1, -0.05) is 45.0 Å². The average molecular weight is 330 g/mol. The van der Waals surface area contributed by atoms with Crippen LogP contribution in [0, 0.1) is 17.8 Å². The molecule has 0 radical (unpaired) electrons. The summed E-state index contributed by atoms with van der Waals surface area (Å²) in [5.74, 6) is 0.833. The van der Waals surface area contributed by atoms with Crippen molar-refractivity contribution >= 4 is 11.7 Å². The molecule has 0 aromatic heterocycles. The summed E-state index contributed by atoms with van der Waals surface area (Å²) < 4.78 is 0. The quantitative estimate of drug-likeness (QED) is 0.816. The molecular weight excluding hydrogens is 300 g/mol. The van der Waals surface area contributed by atoms with Crippen molar-refractivity contribution in [1.29, 1.82) is 0 Å². The van der Waals surface area contributed by atoms with Crippen LogP contribution in [0.15, 0.2) is 24.3 Å². The molecule has 1 aromatic rings. The molecule has 132 valence electrons. The third-order valence-electron chi connectivity index (χ3n) is 4.83. The minimum absolute atomic E-state index is 0.0261. The van der Waals surface area contributed by atoms with Crippen LogP contribution in [0.3, 0.4) is 0 Å². The number of hydrogen-bond acceptors (Lipinski definition) is 3. The van der Waals surface area contributed by atoms with Gasteiger partial charge < -0.3 is 10.6 Å². The molecule has 1 amide bonds. The molecule has 0 bridgehead atoms. The van der Waals surface area contributed by atoms with Crippen molar-refractivity contribution in [3.63, 3.8) is 0 Å². The SMILES string of the molecule is CC(C)Cc1ccc(C(=O)C2CCN(C(=O)C(C)CN)CC2)cc1. The van der Waals surface area contributed by atoms with E-state index in [-0.39, 0.29) is 23.5 Å². The van der Waals surface area contributed by atoms with E-state index >= 15 is 0 Å². The minimum Gasteiger partial charge on any atom is -0.342 e. The van der Waals surface area contributed by atoms with Gasteiger partial charge in [0, 0.05) is 37.0 Å². The number of amides is 1. The van der Waals surface area contributed by atoms with Crippen LogP contribution in [0.2, 0.25) is 0 Å². The summed E-state index contributed by atoms with van der Waals surface area (Å²) >= 11 is 0. The number of piperidine rings is 1. The number of Topliss-reactive ketones (excluding diaryl/α,β-unsaturated/α-hetero) is 1. The van der Waals surface area contributed by atoms with Gasteiger partial charge in [-0.05, 0) is 30.7 Å². The molecule has 1 fully saturated rings. The topological polar surface area (TPSA) is 63.4 Å². The molecule has 4 nitrogen and oxygen atoms in total. The van der Waals surface area contributed by atoms with Gasteiger partial charge in [-0.15, -0.1) is 0 Å². The molecule has 1 saturated heterocycles. The maximum Gasteiger partial charge on any atom is 0.226 e. The molecule has 0 aliphatic carbocycles. The number of hydrogen-bond donors (Lipinski definition) is 1. The standard InChI is InChI=1S/C20H30N2O2/c1-14(2)12-16-4-6-17(7-5-16)19(23)18-8-10-22(11-9-18)20(24)15(3)13-21/h4-7,14-15,18H,8-13,21H2,1-3H3. The third kappa shape index (κ3) is 4.67. The van der Waals surface area contributed by atoms with E-state index in [1.165, 1.54) is 5.56 Å². The predicted molar refractivity (Wildman–Crippen MR) is 96.8 cm³/mol. The molecule has 1 atom stereocenters. The van der Waals surface area contributed by atoms with Gasteiger partial charge in [0.25, 0.3) is 0 Å². The highest BCUT2D eigenvalue weighted by Crippen LogP contribution is 2.23. The van der Waals surface area contributed by atoms with Crippen LogP contribution in [-0.4, -0.2) is 36.2 Å². The summed E-state index contributed by atoms with van der Waals surface area (Å²) in [4.78, 5) is 26.7. The molecule has 1 heterocycles. The summed E-state index contributed by atoms with van der Waals surface area (Å²) in [7, 11) is 0. The molecule has 24 heavy (non-hydrogen) atoms. The van der Waals surface area contributed by atoms with E-state index in [4.69, 9.17) is 5.73 Å². The lowest BCUT2D eigenvalue weighted by atomic mass is 9.88. The van der Waals surface area contributed by atoms with Gasteiger partial charge >= 0.3 is 0 Å². The number of likely N-dealkylation sites (tertiary alicyclic amines) is 1. The van der Waals surface area contributed by atoms with Crippen LogP contribution >= 0.6 is 0 Å². The predicted octanol–water partition coefficient (Wildman–Crippen LogP) is 2.90. The van der Waals surface area contributed by atoms with Crippen molar-refractivity contribution in [2.75, 3.05) is 19.6 Å². The van der Waals surface area contributed by atoms with E-state index < -0.39 is 0 Å². The van der Waals surface area contributed by atoms with Crippen LogP contribution in [0.1, 0.15) is 49.5 Å². The fraction of sp³-hybridized carbons (Fsp3) is 0.600. The normalized spacial score (nSPS) is 17.1. The van der Waals surface area contributed by atoms with Crippen molar-refractivity contribution in [2.45, 2.75) is 40.0 Å². The van der Waals surface area contributed by atoms with Crippen LogP contribution in [-0.2, 0) is 11.2 Å². The Balaban J connectivity index is 1.92. The van der Waals surface area contributed by atoms with Gasteiger partial charge in [-0.2, -0.15) is 0 Å². The highest BCUT2D eigenvalue weighted by atomic mass is 16.2. The first-order valence-electron chi connectivity index (χ1n) is 9.04. The monoisotopic (exact) mass is 330 g/mol. The molecule has 1 aromatic carbocycles. The highest BCUT2D eigenvalue weighted by molar-refractivity contribution is 5.98. The number of carbonyl (C=O) groups is 2. The number of nitrogens with zero attached hydrogens (tertiary/aromatic N) is 1. The molecule has 2 rings (SSSR count). The van der Waals surface area contributed by atoms with Crippen molar-refractivity contribution in [2.24, 2.45) is 23.5 Å². The number of benzene rings is 1. The lowest BCUT2D eigenvalue weighted by molar-refractivity contribution is -0.135. The van der Waals surface area contributed by atoms with Crippen molar-refractivity contribution in [3.05, 3.63) is 35.4 Å². The molecule has 1 aliphatic rings. The fourth-order valence-electron chi connectivity index (χ4n) is 3.29. The Kier molecular flexibility index (Phi) is 6.55. The largest absolute Gasteiger partial charge is 0.342 e. The van der Waals surface area contributed by atoms with E-state index in [9.17, 15) is 9.59 Å². The zero-order valence-corrected chi connectivity index (χ0v) is 15.1. The van der Waals surface area contributed by atoms with E-state index in [1.807, 2.05) is 24.0 Å². The maximum absolute atomic E-state index is 12.7. The van der Waals surface area contributed by atoms with Gasteiger partial charge in [0.05, 0.1) is 0 Å². The van der Waals surface area contributed by atoms with Gasteiger partial charge in [0.1, 0.15) is 0 Å². The van der Waals surface area contributed by atoms with Gasteiger partial charge in [0.2, 0.25) is 5.91 Å². The summed E-state index contributed by atoms with van der Waals surface area (Å²) in [6.45, 7) is 7.94. The number of nitrogens with two attached hydrogens (primary N) is 1. The average Bonchev–Trinajstić information content (AvgIpc) is 2.60. The lowest BCUT2D eigenvalue weighted by Gasteiger charge is -2.32.